The Morgan fingerprint density at radius 1 is 1.29 bits per heavy atom. The molecule has 0 aromatic heterocycles. The second-order valence-electron chi connectivity index (χ2n) is 6.08. The van der Waals surface area contributed by atoms with Crippen LogP contribution in [0.25, 0.3) is 0 Å². The van der Waals surface area contributed by atoms with E-state index in [4.69, 9.17) is 9.47 Å². The zero-order valence-corrected chi connectivity index (χ0v) is 12.7. The summed E-state index contributed by atoms with van der Waals surface area (Å²) in [5, 5.41) is 2.83. The molecule has 0 aliphatic carbocycles. The summed E-state index contributed by atoms with van der Waals surface area (Å²) in [7, 11) is 0. The van der Waals surface area contributed by atoms with Crippen LogP contribution in [0.1, 0.15) is 31.9 Å². The van der Waals surface area contributed by atoms with Crippen LogP contribution in [0, 0.1) is 0 Å². The summed E-state index contributed by atoms with van der Waals surface area (Å²) >= 11 is 0. The number of hydrogen-bond acceptors (Lipinski definition) is 4. The highest BCUT2D eigenvalue weighted by atomic mass is 16.6. The first kappa shape index (κ1) is 15.4. The van der Waals surface area contributed by atoms with Gasteiger partial charge < -0.3 is 14.8 Å². The molecule has 114 valence electrons. The normalized spacial score (nSPS) is 14.7. The van der Waals surface area contributed by atoms with E-state index in [1.54, 1.807) is 0 Å². The Kier molecular flexibility index (Phi) is 4.50. The topological polar surface area (TPSA) is 64.6 Å². The van der Waals surface area contributed by atoms with Crippen molar-refractivity contribution < 1.29 is 19.1 Å². The van der Waals surface area contributed by atoms with Gasteiger partial charge in [0.05, 0.1) is 6.42 Å². The summed E-state index contributed by atoms with van der Waals surface area (Å²) in [5.74, 6) is 0.183. The van der Waals surface area contributed by atoms with Crippen LogP contribution in [0.4, 0.5) is 0 Å². The molecule has 1 heterocycles. The van der Waals surface area contributed by atoms with Gasteiger partial charge in [0.15, 0.2) is 6.61 Å². The summed E-state index contributed by atoms with van der Waals surface area (Å²) in [6.07, 6.45) is 1.16. The molecule has 0 radical (unpaired) electrons. The predicted octanol–water partition coefficient (Wildman–Crippen LogP) is 1.62. The minimum Gasteiger partial charge on any atom is -0.482 e. The maximum atomic E-state index is 11.6. The van der Waals surface area contributed by atoms with E-state index in [1.807, 2.05) is 39.0 Å². The van der Waals surface area contributed by atoms with Gasteiger partial charge in [0.2, 0.25) is 5.91 Å². The van der Waals surface area contributed by atoms with Gasteiger partial charge in [-0.15, -0.1) is 0 Å². The molecule has 1 aliphatic rings. The third-order valence-corrected chi connectivity index (χ3v) is 3.02. The monoisotopic (exact) mass is 291 g/mol. The van der Waals surface area contributed by atoms with Gasteiger partial charge in [-0.2, -0.15) is 0 Å². The second kappa shape index (κ2) is 6.16. The van der Waals surface area contributed by atoms with Crippen molar-refractivity contribution in [3.05, 3.63) is 29.3 Å². The molecule has 0 bridgehead atoms. The van der Waals surface area contributed by atoms with Crippen LogP contribution >= 0.6 is 0 Å². The van der Waals surface area contributed by atoms with Gasteiger partial charge in [0.25, 0.3) is 0 Å². The molecular formula is C16H21NO4. The molecule has 2 rings (SSSR count). The first-order chi connectivity index (χ1) is 9.83. The van der Waals surface area contributed by atoms with Crippen molar-refractivity contribution in [1.82, 2.24) is 5.32 Å². The number of rotatable bonds is 3. The highest BCUT2D eigenvalue weighted by molar-refractivity contribution is 5.79. The van der Waals surface area contributed by atoms with Crippen LogP contribution < -0.4 is 10.1 Å². The maximum absolute atomic E-state index is 11.6. The van der Waals surface area contributed by atoms with Crippen molar-refractivity contribution in [2.75, 3.05) is 13.2 Å². The number of fused-ring (bicyclic) bond motifs is 1. The number of carbonyl (C=O) groups is 2. The Hall–Kier alpha value is -2.04. The fourth-order valence-corrected chi connectivity index (χ4v) is 2.19. The molecule has 0 spiro atoms. The number of nitrogens with one attached hydrogen (secondary N) is 1. The first-order valence-electron chi connectivity index (χ1n) is 7.07. The van der Waals surface area contributed by atoms with Crippen LogP contribution in [0.15, 0.2) is 18.2 Å². The molecule has 0 atom stereocenters. The summed E-state index contributed by atoms with van der Waals surface area (Å²) in [6, 6.07) is 5.59. The molecule has 0 saturated heterocycles. The third kappa shape index (κ3) is 4.77. The Labute approximate surface area is 124 Å². The zero-order valence-electron chi connectivity index (χ0n) is 12.7. The fourth-order valence-electron chi connectivity index (χ4n) is 2.19. The summed E-state index contributed by atoms with van der Waals surface area (Å²) < 4.78 is 10.6. The molecule has 1 aromatic rings. The van der Waals surface area contributed by atoms with Crippen LogP contribution in [-0.2, 0) is 27.2 Å². The van der Waals surface area contributed by atoms with Gasteiger partial charge in [-0.1, -0.05) is 6.07 Å². The lowest BCUT2D eigenvalue weighted by Crippen LogP contribution is -2.27. The quantitative estimate of drug-likeness (QED) is 0.860. The van der Waals surface area contributed by atoms with Gasteiger partial charge in [0, 0.05) is 6.54 Å². The Balaban J connectivity index is 1.99. The van der Waals surface area contributed by atoms with Crippen molar-refractivity contribution in [1.29, 1.82) is 0 Å². The number of hydrogen-bond donors (Lipinski definition) is 1. The smallest absolute Gasteiger partial charge is 0.344 e. The zero-order chi connectivity index (χ0) is 15.5. The number of esters is 1. The van der Waals surface area contributed by atoms with Crippen LogP contribution in [-0.4, -0.2) is 30.6 Å². The van der Waals surface area contributed by atoms with E-state index in [1.165, 1.54) is 0 Å². The Bertz CT molecular complexity index is 546. The third-order valence-electron chi connectivity index (χ3n) is 3.02. The first-order valence-corrected chi connectivity index (χ1v) is 7.07. The summed E-state index contributed by atoms with van der Waals surface area (Å²) in [4.78, 5) is 23.2. The Morgan fingerprint density at radius 2 is 2.05 bits per heavy atom. The van der Waals surface area contributed by atoms with E-state index in [-0.39, 0.29) is 12.5 Å². The molecule has 0 saturated carbocycles. The van der Waals surface area contributed by atoms with Crippen molar-refractivity contribution in [2.45, 2.75) is 39.2 Å². The molecule has 5 heteroatoms. The van der Waals surface area contributed by atoms with Gasteiger partial charge in [-0.05, 0) is 50.5 Å². The highest BCUT2D eigenvalue weighted by Crippen LogP contribution is 2.20. The van der Waals surface area contributed by atoms with Crippen molar-refractivity contribution in [3.8, 4) is 5.75 Å². The van der Waals surface area contributed by atoms with Gasteiger partial charge >= 0.3 is 5.97 Å². The number of benzene rings is 1. The predicted molar refractivity (Wildman–Crippen MR) is 78.2 cm³/mol. The number of amides is 1. The number of carbonyl (C=O) groups excluding carboxylic acids is 2. The molecule has 0 unspecified atom stereocenters. The van der Waals surface area contributed by atoms with E-state index >= 15 is 0 Å². The average molecular weight is 291 g/mol. The highest BCUT2D eigenvalue weighted by Gasteiger charge is 2.17. The van der Waals surface area contributed by atoms with Crippen molar-refractivity contribution >= 4 is 11.9 Å². The lowest BCUT2D eigenvalue weighted by atomic mass is 10.0. The molecule has 5 nitrogen and oxygen atoms in total. The standard InChI is InChI=1S/C16H21NO4/c1-16(2,3)21-15(19)10-20-13-5-4-11-6-7-17-14(18)9-12(11)8-13/h4-5,8H,6-7,9-10H2,1-3H3,(H,17,18). The average Bonchev–Trinajstić information content (AvgIpc) is 2.54. The van der Waals surface area contributed by atoms with Crippen molar-refractivity contribution in [3.63, 3.8) is 0 Å². The minimum absolute atomic E-state index is 0.0121. The molecule has 1 aromatic carbocycles. The largest absolute Gasteiger partial charge is 0.482 e. The van der Waals surface area contributed by atoms with E-state index < -0.39 is 11.6 Å². The minimum atomic E-state index is -0.522. The second-order valence-corrected chi connectivity index (χ2v) is 6.08. The molecule has 1 amide bonds. The van der Waals surface area contributed by atoms with Crippen LogP contribution in [0.5, 0.6) is 5.75 Å². The lowest BCUT2D eigenvalue weighted by Gasteiger charge is -2.19. The summed E-state index contributed by atoms with van der Waals surface area (Å²) in [6.45, 7) is 5.95. The Morgan fingerprint density at radius 3 is 2.76 bits per heavy atom. The van der Waals surface area contributed by atoms with Crippen LogP contribution in [0.2, 0.25) is 0 Å². The SMILES string of the molecule is CC(C)(C)OC(=O)COc1ccc2c(c1)CC(=O)NCC2. The molecular weight excluding hydrogens is 270 g/mol. The van der Waals surface area contributed by atoms with E-state index in [9.17, 15) is 9.59 Å². The number of ether oxygens (including phenoxy) is 2. The lowest BCUT2D eigenvalue weighted by molar-refractivity contribution is -0.157. The molecule has 21 heavy (non-hydrogen) atoms. The van der Waals surface area contributed by atoms with E-state index in [0.717, 1.165) is 17.5 Å². The molecule has 0 fully saturated rings. The van der Waals surface area contributed by atoms with E-state index in [2.05, 4.69) is 5.32 Å². The molecule has 1 aliphatic heterocycles. The fraction of sp³-hybridized carbons (Fsp3) is 0.500. The molecule has 1 N–H and O–H groups in total. The van der Waals surface area contributed by atoms with Crippen molar-refractivity contribution in [2.24, 2.45) is 0 Å². The van der Waals surface area contributed by atoms with E-state index in [0.29, 0.717) is 18.7 Å². The van der Waals surface area contributed by atoms with Gasteiger partial charge in [-0.25, -0.2) is 4.79 Å². The van der Waals surface area contributed by atoms with Crippen LogP contribution in [0.3, 0.4) is 0 Å². The summed E-state index contributed by atoms with van der Waals surface area (Å²) in [5.41, 5.74) is 1.57. The van der Waals surface area contributed by atoms with Gasteiger partial charge in [0.1, 0.15) is 11.4 Å². The maximum Gasteiger partial charge on any atom is 0.344 e. The van der Waals surface area contributed by atoms with Gasteiger partial charge in [-0.3, -0.25) is 4.79 Å².